The molecule has 1 saturated heterocycles. The van der Waals surface area contributed by atoms with Crippen molar-refractivity contribution >= 4 is 17.3 Å². The summed E-state index contributed by atoms with van der Waals surface area (Å²) in [5, 5.41) is 10.4. The third-order valence-electron chi connectivity index (χ3n) is 6.88. The van der Waals surface area contributed by atoms with E-state index < -0.39 is 6.10 Å². The van der Waals surface area contributed by atoms with E-state index in [-0.39, 0.29) is 5.91 Å². The summed E-state index contributed by atoms with van der Waals surface area (Å²) in [6.45, 7) is 3.58. The Hall–Kier alpha value is -2.44. The van der Waals surface area contributed by atoms with E-state index in [1.807, 2.05) is 24.1 Å². The van der Waals surface area contributed by atoms with Gasteiger partial charge in [0.25, 0.3) is 0 Å². The maximum Gasteiger partial charge on any atom is 0.246 e. The topological polar surface area (TPSA) is 59.9 Å². The van der Waals surface area contributed by atoms with E-state index in [1.54, 1.807) is 12.4 Å². The molecule has 3 aliphatic heterocycles. The molecule has 0 bridgehead atoms. The van der Waals surface area contributed by atoms with Crippen LogP contribution in [0.2, 0.25) is 0 Å². The lowest BCUT2D eigenvalue weighted by Crippen LogP contribution is -2.51. The summed E-state index contributed by atoms with van der Waals surface area (Å²) < 4.78 is 0. The highest BCUT2D eigenvalue weighted by molar-refractivity contribution is 6.04. The Balaban J connectivity index is 1.25. The molecule has 2 aromatic rings. The number of para-hydroxylation sites is 1. The van der Waals surface area contributed by atoms with E-state index in [1.165, 1.54) is 11.3 Å². The molecule has 3 atom stereocenters. The number of likely N-dealkylation sites (tertiary alicyclic amines) is 1. The van der Waals surface area contributed by atoms with Gasteiger partial charge in [-0.3, -0.25) is 9.78 Å². The van der Waals surface area contributed by atoms with Crippen LogP contribution in [0, 0.1) is 0 Å². The molecule has 152 valence electrons. The van der Waals surface area contributed by atoms with Crippen LogP contribution < -0.4 is 9.80 Å². The fraction of sp³-hybridized carbons (Fsp3) is 0.478. The van der Waals surface area contributed by atoms with Crippen molar-refractivity contribution in [3.63, 3.8) is 0 Å². The van der Waals surface area contributed by atoms with Crippen molar-refractivity contribution in [1.82, 2.24) is 9.88 Å². The minimum atomic E-state index is -0.420. The van der Waals surface area contributed by atoms with Crippen molar-refractivity contribution < 1.29 is 9.90 Å². The van der Waals surface area contributed by atoms with Crippen LogP contribution >= 0.6 is 0 Å². The minimum Gasteiger partial charge on any atom is -0.388 e. The highest BCUT2D eigenvalue weighted by Crippen LogP contribution is 2.50. The highest BCUT2D eigenvalue weighted by Gasteiger charge is 2.46. The van der Waals surface area contributed by atoms with Gasteiger partial charge >= 0.3 is 0 Å². The van der Waals surface area contributed by atoms with Gasteiger partial charge in [-0.15, -0.1) is 0 Å². The molecule has 6 heteroatoms. The normalized spacial score (nSPS) is 24.4. The number of hydrogen-bond donors (Lipinski definition) is 1. The van der Waals surface area contributed by atoms with Crippen molar-refractivity contribution in [2.75, 3.05) is 43.0 Å². The lowest BCUT2D eigenvalue weighted by atomic mass is 9.89. The number of piperidine rings is 1. The summed E-state index contributed by atoms with van der Waals surface area (Å²) in [7, 11) is 1.89. The zero-order valence-electron chi connectivity index (χ0n) is 16.9. The highest BCUT2D eigenvalue weighted by atomic mass is 16.3. The van der Waals surface area contributed by atoms with Gasteiger partial charge in [0, 0.05) is 44.5 Å². The fourth-order valence-corrected chi connectivity index (χ4v) is 5.33. The Morgan fingerprint density at radius 3 is 2.90 bits per heavy atom. The van der Waals surface area contributed by atoms with Crippen LogP contribution in [0.5, 0.6) is 0 Å². The summed E-state index contributed by atoms with van der Waals surface area (Å²) in [5.74, 6) is 0.644. The predicted octanol–water partition coefficient (Wildman–Crippen LogP) is 2.55. The number of aliphatic hydroxyl groups excluding tert-OH is 1. The largest absolute Gasteiger partial charge is 0.388 e. The molecule has 0 aliphatic carbocycles. The number of likely N-dealkylation sites (N-methyl/N-ethyl adjacent to an activating group) is 1. The quantitative estimate of drug-likeness (QED) is 0.847. The number of amides is 1. The van der Waals surface area contributed by atoms with Crippen LogP contribution in [0.25, 0.3) is 0 Å². The first-order valence-electron chi connectivity index (χ1n) is 10.6. The van der Waals surface area contributed by atoms with Crippen LogP contribution in [0.1, 0.15) is 42.4 Å². The van der Waals surface area contributed by atoms with Crippen LogP contribution in [0.4, 0.5) is 11.4 Å². The Morgan fingerprint density at radius 2 is 2.07 bits per heavy atom. The van der Waals surface area contributed by atoms with Crippen LogP contribution in [-0.4, -0.2) is 60.2 Å². The molecule has 1 aromatic carbocycles. The molecule has 1 fully saturated rings. The molecular formula is C23H28N4O2. The van der Waals surface area contributed by atoms with Gasteiger partial charge < -0.3 is 19.8 Å². The average molecular weight is 393 g/mol. The Morgan fingerprint density at radius 1 is 1.24 bits per heavy atom. The van der Waals surface area contributed by atoms with E-state index in [2.05, 4.69) is 33.0 Å². The number of carbonyl (C=O) groups is 1. The number of rotatable bonds is 5. The van der Waals surface area contributed by atoms with Crippen LogP contribution in [0.3, 0.4) is 0 Å². The van der Waals surface area contributed by atoms with Gasteiger partial charge in [-0.1, -0.05) is 12.1 Å². The SMILES string of the molecule is CN1C(=O)CN2c3c(cccc31)[C@@H]1CN(CCCC(O)c3ccncc3)CC[C@@H]12. The van der Waals surface area contributed by atoms with Gasteiger partial charge in [-0.05, 0) is 55.1 Å². The number of benzene rings is 1. The molecule has 0 saturated carbocycles. The predicted molar refractivity (Wildman–Crippen MR) is 113 cm³/mol. The van der Waals surface area contributed by atoms with Crippen molar-refractivity contribution in [1.29, 1.82) is 0 Å². The minimum absolute atomic E-state index is 0.183. The first kappa shape index (κ1) is 18.6. The maximum absolute atomic E-state index is 12.5. The smallest absolute Gasteiger partial charge is 0.246 e. The monoisotopic (exact) mass is 392 g/mol. The first-order chi connectivity index (χ1) is 14.1. The molecule has 0 spiro atoms. The summed E-state index contributed by atoms with van der Waals surface area (Å²) in [5.41, 5.74) is 4.67. The van der Waals surface area contributed by atoms with Gasteiger partial charge in [0.15, 0.2) is 0 Å². The van der Waals surface area contributed by atoms with E-state index in [0.29, 0.717) is 18.5 Å². The molecule has 0 radical (unpaired) electrons. The molecule has 6 nitrogen and oxygen atoms in total. The van der Waals surface area contributed by atoms with E-state index in [4.69, 9.17) is 0 Å². The molecule has 1 unspecified atom stereocenters. The summed E-state index contributed by atoms with van der Waals surface area (Å²) in [6, 6.07) is 10.6. The van der Waals surface area contributed by atoms with Crippen LogP contribution in [0.15, 0.2) is 42.7 Å². The number of hydrogen-bond acceptors (Lipinski definition) is 5. The van der Waals surface area contributed by atoms with Gasteiger partial charge in [-0.25, -0.2) is 0 Å². The number of aliphatic hydroxyl groups is 1. The van der Waals surface area contributed by atoms with E-state index in [9.17, 15) is 9.90 Å². The van der Waals surface area contributed by atoms with Crippen molar-refractivity contribution in [2.45, 2.75) is 37.3 Å². The number of pyridine rings is 1. The zero-order valence-corrected chi connectivity index (χ0v) is 16.9. The molecule has 1 amide bonds. The second-order valence-electron chi connectivity index (χ2n) is 8.50. The number of aromatic nitrogens is 1. The lowest BCUT2D eigenvalue weighted by molar-refractivity contribution is -0.117. The Kier molecular flexibility index (Phi) is 4.76. The van der Waals surface area contributed by atoms with Gasteiger partial charge in [0.1, 0.15) is 0 Å². The first-order valence-corrected chi connectivity index (χ1v) is 10.6. The third-order valence-corrected chi connectivity index (χ3v) is 6.88. The van der Waals surface area contributed by atoms with Gasteiger partial charge in [-0.2, -0.15) is 0 Å². The summed E-state index contributed by atoms with van der Waals surface area (Å²) >= 11 is 0. The molecule has 4 heterocycles. The van der Waals surface area contributed by atoms with Crippen molar-refractivity contribution in [3.05, 3.63) is 53.9 Å². The Labute approximate surface area is 171 Å². The summed E-state index contributed by atoms with van der Waals surface area (Å²) in [4.78, 5) is 23.2. The summed E-state index contributed by atoms with van der Waals surface area (Å²) in [6.07, 6.45) is 5.87. The second-order valence-corrected chi connectivity index (χ2v) is 8.50. The fourth-order valence-electron chi connectivity index (χ4n) is 5.33. The molecular weight excluding hydrogens is 364 g/mol. The molecule has 1 aromatic heterocycles. The van der Waals surface area contributed by atoms with Gasteiger partial charge in [0.05, 0.1) is 24.0 Å². The number of nitrogens with zero attached hydrogens (tertiary/aromatic N) is 4. The molecule has 29 heavy (non-hydrogen) atoms. The van der Waals surface area contributed by atoms with Gasteiger partial charge in [0.2, 0.25) is 5.91 Å². The zero-order chi connectivity index (χ0) is 20.0. The lowest BCUT2D eigenvalue weighted by Gasteiger charge is -2.41. The van der Waals surface area contributed by atoms with E-state index >= 15 is 0 Å². The molecule has 3 aliphatic rings. The van der Waals surface area contributed by atoms with Crippen molar-refractivity contribution in [2.24, 2.45) is 0 Å². The average Bonchev–Trinajstić information content (AvgIpc) is 3.06. The second kappa shape index (κ2) is 7.43. The standard InChI is InChI=1S/C23H28N4O2/c1-25-20-5-2-4-17-18-14-26(12-3-6-21(28)16-7-10-24-11-8-16)13-9-19(18)27(23(17)20)15-22(25)29/h2,4-5,7-8,10-11,18-19,21,28H,3,6,9,12-15H2,1H3/t18-,19-,21?/m0/s1. The molecule has 1 N–H and O–H groups in total. The molecule has 5 rings (SSSR count). The van der Waals surface area contributed by atoms with E-state index in [0.717, 1.165) is 50.1 Å². The van der Waals surface area contributed by atoms with Crippen molar-refractivity contribution in [3.8, 4) is 0 Å². The number of anilines is 2. The third kappa shape index (κ3) is 3.20. The number of carbonyl (C=O) groups excluding carboxylic acids is 1. The number of fused-ring (bicyclic) bond motifs is 3. The van der Waals surface area contributed by atoms with Crippen LogP contribution in [-0.2, 0) is 4.79 Å². The Bertz CT molecular complexity index is 903. The maximum atomic E-state index is 12.5.